The van der Waals surface area contributed by atoms with Crippen LogP contribution in [0.15, 0.2) is 90.3 Å². The standard InChI is InChI=1S/C28H26ClFN6O3S.C2HF3O2/c29-22-7-5-21(6-8-22)27(37)34-28-33-25-18-24(40(38,39)32-12-11-20-3-1-4-23(30)17-20)9-10-26(25)36(28)15-2-14-35-16-13-31-19-35;3-2(4,5)1(6)7/h1,3-10,13,16-19,32H,2,11-12,14-15H2,(H,33,34,37);(H,6,7). The molecular weight excluding hydrogens is 668 g/mol. The number of carboxylic acids is 1. The second kappa shape index (κ2) is 15.2. The molecule has 0 spiro atoms. The van der Waals surface area contributed by atoms with Crippen LogP contribution in [0.2, 0.25) is 5.02 Å². The monoisotopic (exact) mass is 694 g/mol. The Bertz CT molecular complexity index is 1950. The minimum atomic E-state index is -5.08. The number of aromatic nitrogens is 4. The van der Waals surface area contributed by atoms with Gasteiger partial charge in [0, 0.05) is 42.6 Å². The van der Waals surface area contributed by atoms with Crippen LogP contribution >= 0.6 is 11.6 Å². The summed E-state index contributed by atoms with van der Waals surface area (Å²) in [6.45, 7) is 1.32. The quantitative estimate of drug-likeness (QED) is 0.154. The van der Waals surface area contributed by atoms with E-state index in [1.54, 1.807) is 55.0 Å². The molecule has 17 heteroatoms. The molecule has 11 nitrogen and oxygen atoms in total. The van der Waals surface area contributed by atoms with E-state index in [9.17, 15) is 30.8 Å². The number of fused-ring (bicyclic) bond motifs is 1. The van der Waals surface area contributed by atoms with Crippen LogP contribution in [0, 0.1) is 5.82 Å². The highest BCUT2D eigenvalue weighted by Gasteiger charge is 2.38. The molecule has 0 atom stereocenters. The molecule has 0 fully saturated rings. The number of hydrogen-bond acceptors (Lipinski definition) is 6. The third kappa shape index (κ3) is 9.84. The number of amides is 1. The fourth-order valence-corrected chi connectivity index (χ4v) is 5.49. The number of aliphatic carboxylic acids is 1. The predicted octanol–water partition coefficient (Wildman–Crippen LogP) is 5.52. The van der Waals surface area contributed by atoms with E-state index in [-0.39, 0.29) is 23.2 Å². The second-order valence-electron chi connectivity index (χ2n) is 9.93. The first-order valence-electron chi connectivity index (χ1n) is 13.8. The van der Waals surface area contributed by atoms with Crippen molar-refractivity contribution in [2.24, 2.45) is 0 Å². The van der Waals surface area contributed by atoms with Crippen molar-refractivity contribution in [3.63, 3.8) is 0 Å². The first kappa shape index (κ1) is 35.1. The van der Waals surface area contributed by atoms with Crippen LogP contribution in [0.1, 0.15) is 22.3 Å². The maximum Gasteiger partial charge on any atom is 0.490 e. The normalized spacial score (nSPS) is 11.6. The number of hydrogen-bond donors (Lipinski definition) is 3. The Morgan fingerprint density at radius 1 is 1.00 bits per heavy atom. The number of anilines is 1. The van der Waals surface area contributed by atoms with Crippen LogP contribution in [0.3, 0.4) is 0 Å². The summed E-state index contributed by atoms with van der Waals surface area (Å²) in [4.78, 5) is 30.5. The average Bonchev–Trinajstić information content (AvgIpc) is 3.65. The smallest absolute Gasteiger partial charge is 0.475 e. The number of alkyl halides is 3. The minimum Gasteiger partial charge on any atom is -0.475 e. The van der Waals surface area contributed by atoms with E-state index < -0.39 is 22.2 Å². The van der Waals surface area contributed by atoms with E-state index in [0.717, 1.165) is 0 Å². The van der Waals surface area contributed by atoms with E-state index >= 15 is 0 Å². The van der Waals surface area contributed by atoms with Gasteiger partial charge in [-0.05, 0) is 73.0 Å². The molecule has 3 aromatic carbocycles. The van der Waals surface area contributed by atoms with Crippen LogP contribution in [0.5, 0.6) is 0 Å². The number of carboxylic acid groups (broad SMARTS) is 1. The Balaban J connectivity index is 0.000000644. The van der Waals surface area contributed by atoms with Crippen molar-refractivity contribution in [3.05, 3.63) is 107 Å². The van der Waals surface area contributed by atoms with Crippen LogP contribution in [-0.4, -0.2) is 57.2 Å². The van der Waals surface area contributed by atoms with Gasteiger partial charge >= 0.3 is 12.1 Å². The van der Waals surface area contributed by atoms with Crippen molar-refractivity contribution in [1.29, 1.82) is 0 Å². The van der Waals surface area contributed by atoms with Gasteiger partial charge in [0.15, 0.2) is 0 Å². The molecule has 0 saturated carbocycles. The molecule has 0 bridgehead atoms. The third-order valence-corrected chi connectivity index (χ3v) is 8.27. The maximum atomic E-state index is 13.4. The zero-order valence-corrected chi connectivity index (χ0v) is 25.9. The summed E-state index contributed by atoms with van der Waals surface area (Å²) in [5, 5.41) is 10.5. The molecule has 0 aliphatic rings. The lowest BCUT2D eigenvalue weighted by atomic mass is 10.1. The van der Waals surface area contributed by atoms with Crippen LogP contribution < -0.4 is 10.0 Å². The molecule has 1 amide bonds. The van der Waals surface area contributed by atoms with E-state index in [2.05, 4.69) is 20.0 Å². The molecule has 0 aliphatic heterocycles. The van der Waals surface area contributed by atoms with E-state index in [4.69, 9.17) is 21.5 Å². The Labute approximate surface area is 270 Å². The number of nitrogens with one attached hydrogen (secondary N) is 2. The summed E-state index contributed by atoms with van der Waals surface area (Å²) in [7, 11) is -3.86. The lowest BCUT2D eigenvalue weighted by Crippen LogP contribution is -2.26. The number of benzene rings is 3. The van der Waals surface area contributed by atoms with Gasteiger partial charge < -0.3 is 14.2 Å². The third-order valence-electron chi connectivity index (χ3n) is 6.56. The molecule has 0 aliphatic carbocycles. The minimum absolute atomic E-state index is 0.0397. The maximum absolute atomic E-state index is 13.4. The topological polar surface area (TPSA) is 148 Å². The molecule has 5 rings (SSSR count). The lowest BCUT2D eigenvalue weighted by molar-refractivity contribution is -0.192. The fraction of sp³-hybridized carbons (Fsp3) is 0.200. The van der Waals surface area contributed by atoms with Crippen molar-refractivity contribution >= 4 is 50.5 Å². The number of halogens is 5. The van der Waals surface area contributed by atoms with Crippen LogP contribution in [-0.2, 0) is 34.3 Å². The summed E-state index contributed by atoms with van der Waals surface area (Å²) in [5.74, 6) is -3.19. The predicted molar refractivity (Wildman–Crippen MR) is 165 cm³/mol. The molecule has 5 aromatic rings. The van der Waals surface area contributed by atoms with Crippen molar-refractivity contribution in [2.45, 2.75) is 37.0 Å². The van der Waals surface area contributed by atoms with Gasteiger partial charge in [-0.1, -0.05) is 23.7 Å². The highest BCUT2D eigenvalue weighted by atomic mass is 35.5. The number of carbonyl (C=O) groups excluding carboxylic acids is 1. The molecular formula is C30H27ClF4N6O5S. The molecule has 47 heavy (non-hydrogen) atoms. The molecule has 0 saturated heterocycles. The molecule has 2 heterocycles. The van der Waals surface area contributed by atoms with Gasteiger partial charge in [-0.2, -0.15) is 13.2 Å². The molecule has 3 N–H and O–H groups in total. The van der Waals surface area contributed by atoms with Gasteiger partial charge in [-0.25, -0.2) is 32.3 Å². The largest absolute Gasteiger partial charge is 0.490 e. The SMILES string of the molecule is O=C(Nc1nc2cc(S(=O)(=O)NCCc3cccc(F)c3)ccc2n1CCCn1ccnc1)c1ccc(Cl)cc1.O=C(O)C(F)(F)F. The summed E-state index contributed by atoms with van der Waals surface area (Å²) in [5.41, 5.74) is 2.19. The zero-order valence-electron chi connectivity index (χ0n) is 24.3. The number of aryl methyl sites for hydroxylation is 2. The summed E-state index contributed by atoms with van der Waals surface area (Å²) >= 11 is 5.95. The lowest BCUT2D eigenvalue weighted by Gasteiger charge is -2.11. The highest BCUT2D eigenvalue weighted by molar-refractivity contribution is 7.89. The average molecular weight is 695 g/mol. The number of sulfonamides is 1. The van der Waals surface area contributed by atoms with Crippen LogP contribution in [0.4, 0.5) is 23.5 Å². The van der Waals surface area contributed by atoms with Gasteiger partial charge in [0.05, 0.1) is 22.3 Å². The molecule has 0 radical (unpaired) electrons. The Morgan fingerprint density at radius 2 is 1.72 bits per heavy atom. The first-order chi connectivity index (χ1) is 22.2. The van der Waals surface area contributed by atoms with Crippen LogP contribution in [0.25, 0.3) is 11.0 Å². The van der Waals surface area contributed by atoms with E-state index in [1.807, 2.05) is 15.3 Å². The molecule has 0 unspecified atom stereocenters. The Kier molecular flexibility index (Phi) is 11.3. The zero-order chi connectivity index (χ0) is 34.2. The number of rotatable bonds is 11. The fourth-order valence-electron chi connectivity index (χ4n) is 4.31. The molecule has 2 aromatic heterocycles. The van der Waals surface area contributed by atoms with Crippen molar-refractivity contribution in [3.8, 4) is 0 Å². The van der Waals surface area contributed by atoms with Gasteiger partial charge in [-0.3, -0.25) is 10.1 Å². The Hall–Kier alpha value is -4.80. The highest BCUT2D eigenvalue weighted by Crippen LogP contribution is 2.24. The Morgan fingerprint density at radius 3 is 2.36 bits per heavy atom. The first-order valence-corrected chi connectivity index (χ1v) is 15.7. The van der Waals surface area contributed by atoms with Gasteiger partial charge in [0.2, 0.25) is 16.0 Å². The summed E-state index contributed by atoms with van der Waals surface area (Å²) in [6.07, 6.45) is 1.28. The van der Waals surface area contributed by atoms with E-state index in [1.165, 1.54) is 24.3 Å². The number of nitrogens with zero attached hydrogens (tertiary/aromatic N) is 4. The van der Waals surface area contributed by atoms with Crippen molar-refractivity contribution in [2.75, 3.05) is 11.9 Å². The number of carbonyl (C=O) groups is 2. The second-order valence-corrected chi connectivity index (χ2v) is 12.1. The summed E-state index contributed by atoms with van der Waals surface area (Å²) < 4.78 is 77.6. The van der Waals surface area contributed by atoms with Gasteiger partial charge in [0.25, 0.3) is 5.91 Å². The van der Waals surface area contributed by atoms with Crippen molar-refractivity contribution < 1.29 is 40.7 Å². The van der Waals surface area contributed by atoms with E-state index in [0.29, 0.717) is 59.1 Å². The van der Waals surface area contributed by atoms with Gasteiger partial charge in [0.1, 0.15) is 5.82 Å². The summed E-state index contributed by atoms with van der Waals surface area (Å²) in [6, 6.07) is 17.2. The van der Waals surface area contributed by atoms with Crippen molar-refractivity contribution in [1.82, 2.24) is 23.8 Å². The number of imidazole rings is 2. The van der Waals surface area contributed by atoms with Gasteiger partial charge in [-0.15, -0.1) is 0 Å². The molecule has 248 valence electrons.